The Morgan fingerprint density at radius 1 is 0.976 bits per heavy atom. The van der Waals surface area contributed by atoms with Gasteiger partial charge in [-0.2, -0.15) is 0 Å². The number of benzene rings is 2. The van der Waals surface area contributed by atoms with Crippen LogP contribution < -0.4 is 16.8 Å². The summed E-state index contributed by atoms with van der Waals surface area (Å²) in [6, 6.07) is 11.8. The smallest absolute Gasteiger partial charge is 0.327 e. The van der Waals surface area contributed by atoms with Crippen LogP contribution in [0.4, 0.5) is 0 Å². The highest BCUT2D eigenvalue weighted by molar-refractivity contribution is 7.94. The lowest BCUT2D eigenvalue weighted by Gasteiger charge is -2.38. The van der Waals surface area contributed by atoms with Crippen molar-refractivity contribution < 1.29 is 37.8 Å². The fourth-order valence-corrected chi connectivity index (χ4v) is 6.37. The first-order valence-electron chi connectivity index (χ1n) is 12.8. The van der Waals surface area contributed by atoms with Crippen LogP contribution in [-0.2, 0) is 34.8 Å². The molecule has 7 N–H and O–H groups in total. The molecular weight excluding hydrogens is 550 g/mol. The number of carbonyl (C=O) groups is 4. The summed E-state index contributed by atoms with van der Waals surface area (Å²) in [6.45, 7) is 1.34. The first kappa shape index (κ1) is 31.4. The third kappa shape index (κ3) is 7.34. The van der Waals surface area contributed by atoms with Crippen LogP contribution in [-0.4, -0.2) is 60.4 Å². The quantitative estimate of drug-likeness (QED) is 0.231. The molecule has 0 fully saturated rings. The number of sulfone groups is 1. The Kier molecular flexibility index (Phi) is 9.97. The number of allylic oxidation sites excluding steroid dienone is 3. The van der Waals surface area contributed by atoms with Gasteiger partial charge in [-0.1, -0.05) is 66.7 Å². The third-order valence-corrected chi connectivity index (χ3v) is 8.70. The molecule has 0 aliphatic heterocycles. The fraction of sp³-hybridized carbons (Fsp3) is 0.310. The highest BCUT2D eigenvalue weighted by Crippen LogP contribution is 2.40. The van der Waals surface area contributed by atoms with E-state index in [0.717, 1.165) is 5.56 Å². The van der Waals surface area contributed by atoms with E-state index in [1.807, 2.05) is 30.3 Å². The third-order valence-electron chi connectivity index (χ3n) is 6.93. The van der Waals surface area contributed by atoms with Gasteiger partial charge in [-0.3, -0.25) is 14.4 Å². The van der Waals surface area contributed by atoms with E-state index in [2.05, 4.69) is 5.32 Å². The number of ketones is 1. The van der Waals surface area contributed by atoms with Gasteiger partial charge in [-0.05, 0) is 36.1 Å². The van der Waals surface area contributed by atoms with Gasteiger partial charge in [-0.15, -0.1) is 0 Å². The molecule has 0 radical (unpaired) electrons. The summed E-state index contributed by atoms with van der Waals surface area (Å²) < 4.78 is 27.5. The second-order valence-electron chi connectivity index (χ2n) is 9.97. The number of rotatable bonds is 13. The van der Waals surface area contributed by atoms with Crippen molar-refractivity contribution in [2.45, 2.75) is 50.1 Å². The van der Waals surface area contributed by atoms with Crippen molar-refractivity contribution >= 4 is 33.5 Å². The number of carbonyl (C=O) groups excluding carboxylic acids is 2. The zero-order chi connectivity index (χ0) is 30.4. The molecule has 41 heavy (non-hydrogen) atoms. The molecule has 2 aromatic rings. The van der Waals surface area contributed by atoms with Crippen molar-refractivity contribution in [3.05, 3.63) is 83.3 Å². The number of hydrogen-bond donors (Lipinski definition) is 5. The summed E-state index contributed by atoms with van der Waals surface area (Å²) in [5, 5.41) is 21.3. The van der Waals surface area contributed by atoms with Gasteiger partial charge in [0.05, 0.1) is 17.2 Å². The maximum Gasteiger partial charge on any atom is 0.327 e. The maximum atomic E-state index is 13.7. The minimum absolute atomic E-state index is 0.190. The molecule has 1 aliphatic carbocycles. The predicted octanol–water partition coefficient (Wildman–Crippen LogP) is 1.78. The lowest BCUT2D eigenvalue weighted by molar-refractivity contribution is -0.149. The number of carboxylic acid groups (broad SMARTS) is 2. The Labute approximate surface area is 237 Å². The van der Waals surface area contributed by atoms with Crippen molar-refractivity contribution in [2.24, 2.45) is 16.9 Å². The van der Waals surface area contributed by atoms with Gasteiger partial charge >= 0.3 is 11.9 Å². The monoisotopic (exact) mass is 583 g/mol. The largest absolute Gasteiger partial charge is 0.480 e. The highest BCUT2D eigenvalue weighted by Gasteiger charge is 2.51. The van der Waals surface area contributed by atoms with Gasteiger partial charge in [0.15, 0.2) is 15.6 Å². The number of Topliss-reactive ketones (excluding diaryl/α,β-unsaturated/α-hetero) is 1. The second-order valence-corrected chi connectivity index (χ2v) is 12.0. The number of amides is 1. The Morgan fingerprint density at radius 2 is 1.61 bits per heavy atom. The molecule has 0 spiro atoms. The average molecular weight is 584 g/mol. The Bertz CT molecular complexity index is 1480. The summed E-state index contributed by atoms with van der Waals surface area (Å²) in [6.07, 6.45) is 2.57. The number of nitrogens with one attached hydrogen (secondary N) is 1. The summed E-state index contributed by atoms with van der Waals surface area (Å²) in [5.74, 6) is -4.99. The van der Waals surface area contributed by atoms with E-state index in [1.54, 1.807) is 24.3 Å². The zero-order valence-corrected chi connectivity index (χ0v) is 23.2. The van der Waals surface area contributed by atoms with E-state index < -0.39 is 75.6 Å². The highest BCUT2D eigenvalue weighted by atomic mass is 32.2. The van der Waals surface area contributed by atoms with Crippen molar-refractivity contribution in [1.82, 2.24) is 5.32 Å². The van der Waals surface area contributed by atoms with E-state index in [4.69, 9.17) is 16.6 Å². The van der Waals surface area contributed by atoms with Crippen LogP contribution in [0.15, 0.2) is 77.7 Å². The van der Waals surface area contributed by atoms with Crippen molar-refractivity contribution in [3.63, 3.8) is 0 Å². The minimum Gasteiger partial charge on any atom is -0.480 e. The molecule has 2 aromatic carbocycles. The Morgan fingerprint density at radius 3 is 2.22 bits per heavy atom. The lowest BCUT2D eigenvalue weighted by atomic mass is 9.69. The number of nitrogens with two attached hydrogens (primary N) is 2. The maximum absolute atomic E-state index is 13.7. The molecule has 1 aliphatic rings. The van der Waals surface area contributed by atoms with E-state index in [0.29, 0.717) is 11.1 Å². The van der Waals surface area contributed by atoms with Crippen LogP contribution in [0, 0.1) is 5.41 Å². The molecule has 12 heteroatoms. The average Bonchev–Trinajstić information content (AvgIpc) is 2.94. The van der Waals surface area contributed by atoms with Gasteiger partial charge in [-0.25, -0.2) is 13.2 Å². The molecule has 0 heterocycles. The normalized spacial score (nSPS) is 19.0. The number of hydrogen-bond acceptors (Lipinski definition) is 8. The first-order valence-corrected chi connectivity index (χ1v) is 14.5. The fourth-order valence-electron chi connectivity index (χ4n) is 4.78. The molecule has 218 valence electrons. The standard InChI is InChI=1S/C29H33N3O8S/c1-18(30)26(34)29(25(28(37)38)32-24(33)14-13-23(31)27(35)36)15-7-11-21(16-29)41(39,40)17-20-10-5-6-12-22(20)19-8-3-2-4-9-19/h2-12,15,18,23,25H,13-14,16-17,30-31H2,1H3,(H,32,33)(H,35,36)(H,37,38)/t18-,23-,25-,29?/m0/s1. The van der Waals surface area contributed by atoms with Crippen molar-refractivity contribution in [2.75, 3.05) is 0 Å². The van der Waals surface area contributed by atoms with Crippen molar-refractivity contribution in [1.29, 1.82) is 0 Å². The van der Waals surface area contributed by atoms with Crippen LogP contribution in [0.2, 0.25) is 0 Å². The van der Waals surface area contributed by atoms with Crippen LogP contribution in [0.1, 0.15) is 31.7 Å². The first-order chi connectivity index (χ1) is 19.3. The number of carboxylic acids is 2. The van der Waals surface area contributed by atoms with Gasteiger partial charge < -0.3 is 27.0 Å². The summed E-state index contributed by atoms with van der Waals surface area (Å²) in [7, 11) is -4.09. The summed E-state index contributed by atoms with van der Waals surface area (Å²) >= 11 is 0. The summed E-state index contributed by atoms with van der Waals surface area (Å²) in [5.41, 5.74) is 11.3. The lowest BCUT2D eigenvalue weighted by Crippen LogP contribution is -2.59. The van der Waals surface area contributed by atoms with Crippen LogP contribution in [0.3, 0.4) is 0 Å². The summed E-state index contributed by atoms with van der Waals surface area (Å²) in [4.78, 5) is 49.3. The zero-order valence-electron chi connectivity index (χ0n) is 22.4. The second kappa shape index (κ2) is 13.0. The Hall–Kier alpha value is -4.13. The molecule has 1 amide bonds. The molecule has 1 unspecified atom stereocenters. The molecule has 0 saturated heterocycles. The molecule has 11 nitrogen and oxygen atoms in total. The molecule has 0 bridgehead atoms. The molecular formula is C29H33N3O8S. The van der Waals surface area contributed by atoms with Gasteiger partial charge in [0, 0.05) is 17.7 Å². The molecule has 0 saturated carbocycles. The van der Waals surface area contributed by atoms with Gasteiger partial charge in [0.25, 0.3) is 0 Å². The van der Waals surface area contributed by atoms with Crippen molar-refractivity contribution in [3.8, 4) is 11.1 Å². The van der Waals surface area contributed by atoms with E-state index in [-0.39, 0.29) is 11.3 Å². The minimum atomic E-state index is -4.09. The van der Waals surface area contributed by atoms with Crippen LogP contribution >= 0.6 is 0 Å². The SMILES string of the molecule is C[C@H](N)C(=O)C1([C@@H](NC(=O)CC[C@H](N)C(=O)O)C(=O)O)C=CC=C(S(=O)(=O)Cc2ccccc2-c2ccccc2)C1. The number of aliphatic carboxylic acids is 2. The topological polar surface area (TPSA) is 207 Å². The van der Waals surface area contributed by atoms with E-state index >= 15 is 0 Å². The van der Waals surface area contributed by atoms with E-state index in [1.165, 1.54) is 25.2 Å². The Balaban J connectivity index is 1.95. The van der Waals surface area contributed by atoms with Crippen LogP contribution in [0.5, 0.6) is 0 Å². The van der Waals surface area contributed by atoms with E-state index in [9.17, 15) is 32.7 Å². The molecule has 4 atom stereocenters. The molecule has 0 aromatic heterocycles. The molecule has 3 rings (SSSR count). The van der Waals surface area contributed by atoms with Crippen LogP contribution in [0.25, 0.3) is 11.1 Å². The predicted molar refractivity (Wildman–Crippen MR) is 152 cm³/mol. The van der Waals surface area contributed by atoms with Gasteiger partial charge in [0.2, 0.25) is 5.91 Å². The van der Waals surface area contributed by atoms with Gasteiger partial charge in [0.1, 0.15) is 12.1 Å².